The second kappa shape index (κ2) is 9.39. The van der Waals surface area contributed by atoms with E-state index in [0.29, 0.717) is 41.6 Å². The van der Waals surface area contributed by atoms with Crippen LogP contribution in [0, 0.1) is 0 Å². The largest absolute Gasteiger partial charge is 0.493 e. The quantitative estimate of drug-likeness (QED) is 0.755. The molecule has 160 valence electrons. The summed E-state index contributed by atoms with van der Waals surface area (Å²) in [7, 11) is 4.55. The molecule has 30 heavy (non-hydrogen) atoms. The molecule has 1 aliphatic rings. The Morgan fingerprint density at radius 3 is 2.20 bits per heavy atom. The maximum atomic E-state index is 12.5. The Balaban J connectivity index is 1.72. The molecule has 2 N–H and O–H groups in total. The predicted molar refractivity (Wildman–Crippen MR) is 115 cm³/mol. The van der Waals surface area contributed by atoms with Gasteiger partial charge in [0.2, 0.25) is 11.7 Å². The lowest BCUT2D eigenvalue weighted by Crippen LogP contribution is -2.35. The molecule has 3 amide bonds. The Morgan fingerprint density at radius 1 is 0.933 bits per heavy atom. The van der Waals surface area contributed by atoms with Crippen molar-refractivity contribution in [3.63, 3.8) is 0 Å². The molecule has 0 atom stereocenters. The van der Waals surface area contributed by atoms with Crippen LogP contribution in [0.5, 0.6) is 17.2 Å². The number of ether oxygens (including phenoxy) is 3. The number of nitrogens with zero attached hydrogens (tertiary/aromatic N) is 1. The van der Waals surface area contributed by atoms with Gasteiger partial charge in [-0.15, -0.1) is 0 Å². The molecular formula is C22H27N3O5. The van der Waals surface area contributed by atoms with Crippen LogP contribution in [0.3, 0.4) is 0 Å². The molecule has 0 saturated carbocycles. The van der Waals surface area contributed by atoms with Crippen LogP contribution in [0.1, 0.15) is 24.5 Å². The van der Waals surface area contributed by atoms with Crippen LogP contribution in [0.4, 0.5) is 16.2 Å². The molecule has 3 rings (SSSR count). The van der Waals surface area contributed by atoms with E-state index in [-0.39, 0.29) is 5.91 Å². The fourth-order valence-corrected chi connectivity index (χ4v) is 3.52. The number of hydrogen-bond donors (Lipinski definition) is 2. The number of benzene rings is 2. The molecule has 8 heteroatoms. The number of methoxy groups -OCH3 is 3. The van der Waals surface area contributed by atoms with Crippen LogP contribution >= 0.6 is 0 Å². The Bertz CT molecular complexity index is 919. The van der Waals surface area contributed by atoms with Gasteiger partial charge in [-0.3, -0.25) is 4.79 Å². The summed E-state index contributed by atoms with van der Waals surface area (Å²) in [5.41, 5.74) is 3.41. The van der Waals surface area contributed by atoms with Crippen molar-refractivity contribution in [1.29, 1.82) is 0 Å². The van der Waals surface area contributed by atoms with Gasteiger partial charge in [0.25, 0.3) is 0 Å². The summed E-state index contributed by atoms with van der Waals surface area (Å²) in [6.07, 6.45) is 1.31. The molecule has 0 aliphatic carbocycles. The van der Waals surface area contributed by atoms with Gasteiger partial charge < -0.3 is 29.7 Å². The number of amides is 3. The normalized spacial score (nSPS) is 12.6. The highest BCUT2D eigenvalue weighted by molar-refractivity contribution is 6.00. The second-order valence-corrected chi connectivity index (χ2v) is 6.90. The first-order chi connectivity index (χ1) is 14.5. The highest BCUT2D eigenvalue weighted by Crippen LogP contribution is 2.40. The van der Waals surface area contributed by atoms with E-state index in [0.717, 1.165) is 18.5 Å². The second-order valence-electron chi connectivity index (χ2n) is 6.90. The van der Waals surface area contributed by atoms with Crippen molar-refractivity contribution in [2.45, 2.75) is 26.3 Å². The van der Waals surface area contributed by atoms with Gasteiger partial charge in [-0.1, -0.05) is 13.0 Å². The van der Waals surface area contributed by atoms with Crippen LogP contribution in [-0.2, 0) is 17.8 Å². The van der Waals surface area contributed by atoms with Crippen molar-refractivity contribution in [3.05, 3.63) is 41.5 Å². The zero-order valence-corrected chi connectivity index (χ0v) is 17.7. The lowest BCUT2D eigenvalue weighted by Gasteiger charge is -2.29. The van der Waals surface area contributed by atoms with Crippen LogP contribution in [0.15, 0.2) is 30.3 Å². The summed E-state index contributed by atoms with van der Waals surface area (Å²) < 4.78 is 15.9. The number of carbonyl (C=O) groups excluding carboxylic acids is 2. The van der Waals surface area contributed by atoms with Crippen molar-refractivity contribution in [1.82, 2.24) is 4.90 Å². The third-order valence-electron chi connectivity index (χ3n) is 5.05. The molecule has 8 nitrogen and oxygen atoms in total. The van der Waals surface area contributed by atoms with Gasteiger partial charge in [0.05, 0.1) is 27.0 Å². The topological polar surface area (TPSA) is 89.1 Å². The van der Waals surface area contributed by atoms with Crippen molar-refractivity contribution < 1.29 is 23.8 Å². The number of rotatable bonds is 6. The summed E-state index contributed by atoms with van der Waals surface area (Å²) >= 11 is 0. The van der Waals surface area contributed by atoms with Crippen molar-refractivity contribution in [3.8, 4) is 17.2 Å². The van der Waals surface area contributed by atoms with Crippen LogP contribution in [-0.4, -0.2) is 44.7 Å². The Morgan fingerprint density at radius 2 is 1.60 bits per heavy atom. The zero-order valence-electron chi connectivity index (χ0n) is 17.7. The van der Waals surface area contributed by atoms with Gasteiger partial charge >= 0.3 is 6.03 Å². The maximum absolute atomic E-state index is 12.5. The Hall–Kier alpha value is -3.42. The first-order valence-electron chi connectivity index (χ1n) is 9.76. The number of nitrogens with one attached hydrogen (secondary N) is 2. The van der Waals surface area contributed by atoms with Gasteiger partial charge in [0.1, 0.15) is 0 Å². The van der Waals surface area contributed by atoms with Crippen molar-refractivity contribution >= 4 is 23.3 Å². The van der Waals surface area contributed by atoms with E-state index in [2.05, 4.69) is 10.6 Å². The average molecular weight is 413 g/mol. The monoisotopic (exact) mass is 413 g/mol. The number of fused-ring (bicyclic) bond motifs is 1. The van der Waals surface area contributed by atoms with Crippen molar-refractivity contribution in [2.24, 2.45) is 0 Å². The highest BCUT2D eigenvalue weighted by Gasteiger charge is 2.20. The predicted octanol–water partition coefficient (Wildman–Crippen LogP) is 3.65. The minimum Gasteiger partial charge on any atom is -0.493 e. The molecule has 0 spiro atoms. The number of hydrogen-bond acceptors (Lipinski definition) is 5. The summed E-state index contributed by atoms with van der Waals surface area (Å²) in [5, 5.41) is 5.61. The van der Waals surface area contributed by atoms with E-state index < -0.39 is 6.03 Å². The molecular weight excluding hydrogens is 386 g/mol. The fourth-order valence-electron chi connectivity index (χ4n) is 3.52. The van der Waals surface area contributed by atoms with Gasteiger partial charge in [-0.25, -0.2) is 4.79 Å². The fraction of sp³-hybridized carbons (Fsp3) is 0.364. The number of carbonyl (C=O) groups is 2. The number of urea groups is 1. The number of anilines is 2. The van der Waals surface area contributed by atoms with Crippen LogP contribution in [0.25, 0.3) is 0 Å². The lowest BCUT2D eigenvalue weighted by molar-refractivity contribution is -0.131. The minimum absolute atomic E-state index is 0.138. The van der Waals surface area contributed by atoms with E-state index >= 15 is 0 Å². The van der Waals surface area contributed by atoms with Gasteiger partial charge in [0, 0.05) is 37.3 Å². The molecule has 0 fully saturated rings. The maximum Gasteiger partial charge on any atom is 0.323 e. The molecule has 0 radical (unpaired) electrons. The zero-order chi connectivity index (χ0) is 21.7. The Labute approximate surface area is 176 Å². The smallest absolute Gasteiger partial charge is 0.323 e. The van der Waals surface area contributed by atoms with Crippen LogP contribution < -0.4 is 24.8 Å². The average Bonchev–Trinajstić information content (AvgIpc) is 2.77. The highest BCUT2D eigenvalue weighted by atomic mass is 16.5. The van der Waals surface area contributed by atoms with E-state index in [4.69, 9.17) is 14.2 Å². The van der Waals surface area contributed by atoms with E-state index in [1.807, 2.05) is 30.0 Å². The first kappa shape index (κ1) is 21.3. The molecule has 0 aromatic heterocycles. The van der Waals surface area contributed by atoms with Gasteiger partial charge in [0.15, 0.2) is 11.5 Å². The van der Waals surface area contributed by atoms with Gasteiger partial charge in [-0.2, -0.15) is 0 Å². The Kier molecular flexibility index (Phi) is 6.66. The van der Waals surface area contributed by atoms with E-state index in [9.17, 15) is 9.59 Å². The van der Waals surface area contributed by atoms with Gasteiger partial charge in [-0.05, 0) is 29.7 Å². The van der Waals surface area contributed by atoms with E-state index in [1.54, 1.807) is 12.1 Å². The standard InChI is InChI=1S/C22H27N3O5/c1-5-20(26)25-9-8-14-6-7-16(10-15(14)13-25)23-22(27)24-17-11-18(28-2)21(30-4)19(12-17)29-3/h6-7,10-12H,5,8-9,13H2,1-4H3,(H2,23,24,27). The first-order valence-corrected chi connectivity index (χ1v) is 9.76. The summed E-state index contributed by atoms with van der Waals surface area (Å²) in [6, 6.07) is 8.69. The molecule has 0 saturated heterocycles. The molecule has 2 aromatic carbocycles. The summed E-state index contributed by atoms with van der Waals surface area (Å²) in [5.74, 6) is 1.48. The molecule has 1 heterocycles. The SMILES string of the molecule is CCC(=O)N1CCc2ccc(NC(=O)Nc3cc(OC)c(OC)c(OC)c3)cc2C1. The lowest BCUT2D eigenvalue weighted by atomic mass is 9.99. The molecule has 0 unspecified atom stereocenters. The van der Waals surface area contributed by atoms with E-state index in [1.165, 1.54) is 26.9 Å². The summed E-state index contributed by atoms with van der Waals surface area (Å²) in [6.45, 7) is 3.16. The minimum atomic E-state index is -0.401. The third-order valence-corrected chi connectivity index (χ3v) is 5.05. The summed E-state index contributed by atoms with van der Waals surface area (Å²) in [4.78, 5) is 26.4. The van der Waals surface area contributed by atoms with Crippen LogP contribution in [0.2, 0.25) is 0 Å². The molecule has 1 aliphatic heterocycles. The third kappa shape index (κ3) is 4.59. The van der Waals surface area contributed by atoms with Crippen molar-refractivity contribution in [2.75, 3.05) is 38.5 Å². The molecule has 2 aromatic rings. The molecule has 0 bridgehead atoms.